The van der Waals surface area contributed by atoms with E-state index in [0.717, 1.165) is 22.5 Å². The van der Waals surface area contributed by atoms with Crippen molar-refractivity contribution in [2.45, 2.75) is 33.3 Å². The average molecular weight is 294 g/mol. The van der Waals surface area contributed by atoms with Crippen molar-refractivity contribution >= 4 is 33.3 Å². The molecule has 2 rings (SSSR count). The molecule has 0 amide bonds. The number of nitrogens with one attached hydrogen (secondary N) is 2. The van der Waals surface area contributed by atoms with E-state index in [1.165, 1.54) is 0 Å². The number of nitrogens with zero attached hydrogens (tertiary/aromatic N) is 2. The van der Waals surface area contributed by atoms with Gasteiger partial charge in [0.25, 0.3) is 0 Å². The van der Waals surface area contributed by atoms with Crippen LogP contribution in [0.1, 0.15) is 27.2 Å². The van der Waals surface area contributed by atoms with Gasteiger partial charge < -0.3 is 15.7 Å². The van der Waals surface area contributed by atoms with Gasteiger partial charge in [0.1, 0.15) is 10.6 Å². The minimum absolute atomic E-state index is 0.112. The summed E-state index contributed by atoms with van der Waals surface area (Å²) >= 11 is 1.58. The highest BCUT2D eigenvalue weighted by Gasteiger charge is 2.17. The van der Waals surface area contributed by atoms with Crippen molar-refractivity contribution in [3.05, 3.63) is 11.4 Å². The molecule has 0 saturated heterocycles. The SMILES string of the molecule is CNc1nc(NCC(O)CC(C)(C)C)c2ccsc2n1. The number of aliphatic hydroxyl groups is 1. The number of thiophene rings is 1. The van der Waals surface area contributed by atoms with Gasteiger partial charge in [0.2, 0.25) is 5.95 Å². The summed E-state index contributed by atoms with van der Waals surface area (Å²) in [6.07, 6.45) is 0.355. The Labute approximate surface area is 123 Å². The van der Waals surface area contributed by atoms with Crippen LogP contribution in [-0.4, -0.2) is 34.8 Å². The van der Waals surface area contributed by atoms with Gasteiger partial charge in [0.05, 0.1) is 11.5 Å². The maximum Gasteiger partial charge on any atom is 0.225 e. The Morgan fingerprint density at radius 3 is 2.75 bits per heavy atom. The van der Waals surface area contributed by atoms with Crippen LogP contribution in [0.4, 0.5) is 11.8 Å². The highest BCUT2D eigenvalue weighted by Crippen LogP contribution is 2.27. The summed E-state index contributed by atoms with van der Waals surface area (Å²) < 4.78 is 0. The maximum atomic E-state index is 10.1. The van der Waals surface area contributed by atoms with Crippen LogP contribution in [0.2, 0.25) is 0 Å². The zero-order valence-corrected chi connectivity index (χ0v) is 13.2. The van der Waals surface area contributed by atoms with Crippen molar-refractivity contribution in [1.29, 1.82) is 0 Å². The predicted molar refractivity (Wildman–Crippen MR) is 85.5 cm³/mol. The molecule has 0 radical (unpaired) electrons. The normalized spacial score (nSPS) is 13.4. The van der Waals surface area contributed by atoms with E-state index in [2.05, 4.69) is 41.4 Å². The molecule has 0 aromatic carbocycles. The molecule has 0 aliphatic rings. The van der Waals surface area contributed by atoms with Gasteiger partial charge in [-0.05, 0) is 23.3 Å². The van der Waals surface area contributed by atoms with Gasteiger partial charge in [-0.2, -0.15) is 4.98 Å². The maximum absolute atomic E-state index is 10.1. The molecule has 0 saturated carbocycles. The second-order valence-corrected chi connectivity index (χ2v) is 6.98. The summed E-state index contributed by atoms with van der Waals surface area (Å²) in [5, 5.41) is 19.3. The Kier molecular flexibility index (Phi) is 4.45. The molecule has 0 spiro atoms. The molecule has 5 nitrogen and oxygen atoms in total. The quantitative estimate of drug-likeness (QED) is 0.791. The zero-order valence-electron chi connectivity index (χ0n) is 12.4. The van der Waals surface area contributed by atoms with Crippen LogP contribution in [0.15, 0.2) is 11.4 Å². The summed E-state index contributed by atoms with van der Waals surface area (Å²) in [4.78, 5) is 9.76. The minimum Gasteiger partial charge on any atom is -0.391 e. The lowest BCUT2D eigenvalue weighted by Gasteiger charge is -2.22. The summed E-state index contributed by atoms with van der Waals surface area (Å²) in [6.45, 7) is 6.85. The molecule has 1 unspecified atom stereocenters. The molecule has 0 fully saturated rings. The van der Waals surface area contributed by atoms with E-state index >= 15 is 0 Å². The van der Waals surface area contributed by atoms with E-state index < -0.39 is 6.10 Å². The van der Waals surface area contributed by atoms with Gasteiger partial charge in [-0.3, -0.25) is 0 Å². The standard InChI is InChI=1S/C14H22N4OS/c1-14(2,3)7-9(19)8-16-11-10-5-6-20-12(10)18-13(15-4)17-11/h5-6,9,19H,7-8H2,1-4H3,(H2,15,16,17,18). The number of hydrogen-bond acceptors (Lipinski definition) is 6. The third-order valence-corrected chi connectivity index (χ3v) is 3.71. The highest BCUT2D eigenvalue weighted by atomic mass is 32.1. The van der Waals surface area contributed by atoms with Crippen molar-refractivity contribution in [2.24, 2.45) is 5.41 Å². The van der Waals surface area contributed by atoms with E-state index in [4.69, 9.17) is 0 Å². The van der Waals surface area contributed by atoms with Crippen molar-refractivity contribution in [3.63, 3.8) is 0 Å². The van der Waals surface area contributed by atoms with E-state index in [9.17, 15) is 5.11 Å². The molecule has 0 aliphatic carbocycles. The molecule has 1 atom stereocenters. The van der Waals surface area contributed by atoms with Crippen LogP contribution in [-0.2, 0) is 0 Å². The molecule has 6 heteroatoms. The number of hydrogen-bond donors (Lipinski definition) is 3. The Morgan fingerprint density at radius 2 is 2.10 bits per heavy atom. The topological polar surface area (TPSA) is 70.1 Å². The van der Waals surface area contributed by atoms with Gasteiger partial charge >= 0.3 is 0 Å². The molecule has 0 bridgehead atoms. The van der Waals surface area contributed by atoms with E-state index in [0.29, 0.717) is 12.5 Å². The number of rotatable bonds is 5. The first-order valence-electron chi connectivity index (χ1n) is 6.74. The largest absolute Gasteiger partial charge is 0.391 e. The van der Waals surface area contributed by atoms with Gasteiger partial charge in [0, 0.05) is 13.6 Å². The van der Waals surface area contributed by atoms with Crippen molar-refractivity contribution in [2.75, 3.05) is 24.2 Å². The second-order valence-electron chi connectivity index (χ2n) is 6.08. The second kappa shape index (κ2) is 5.93. The molecule has 3 N–H and O–H groups in total. The van der Waals surface area contributed by atoms with Crippen molar-refractivity contribution < 1.29 is 5.11 Å². The van der Waals surface area contributed by atoms with Crippen LogP contribution >= 0.6 is 11.3 Å². The predicted octanol–water partition coefficient (Wildman–Crippen LogP) is 2.94. The fourth-order valence-electron chi connectivity index (χ4n) is 2.10. The van der Waals surface area contributed by atoms with Crippen LogP contribution in [0.5, 0.6) is 0 Å². The fraction of sp³-hybridized carbons (Fsp3) is 0.571. The zero-order chi connectivity index (χ0) is 14.8. The number of aromatic nitrogens is 2. The van der Waals surface area contributed by atoms with E-state index in [-0.39, 0.29) is 5.41 Å². The van der Waals surface area contributed by atoms with Crippen molar-refractivity contribution in [3.8, 4) is 0 Å². The Morgan fingerprint density at radius 1 is 1.35 bits per heavy atom. The molecule has 2 heterocycles. The third kappa shape index (κ3) is 3.80. The van der Waals surface area contributed by atoms with Crippen LogP contribution < -0.4 is 10.6 Å². The number of anilines is 2. The molecular formula is C14H22N4OS. The molecule has 20 heavy (non-hydrogen) atoms. The Hall–Kier alpha value is -1.40. The van der Waals surface area contributed by atoms with Crippen LogP contribution in [0.25, 0.3) is 10.2 Å². The lowest BCUT2D eigenvalue weighted by Crippen LogP contribution is -2.25. The molecule has 0 aliphatic heterocycles. The fourth-order valence-corrected chi connectivity index (χ4v) is 2.86. The summed E-state index contributed by atoms with van der Waals surface area (Å²) in [6, 6.07) is 2.00. The van der Waals surface area contributed by atoms with Crippen LogP contribution in [0.3, 0.4) is 0 Å². The highest BCUT2D eigenvalue weighted by molar-refractivity contribution is 7.16. The van der Waals surface area contributed by atoms with Gasteiger partial charge in [-0.1, -0.05) is 20.8 Å². The first-order valence-corrected chi connectivity index (χ1v) is 7.62. The monoisotopic (exact) mass is 294 g/mol. The third-order valence-electron chi connectivity index (χ3n) is 2.90. The van der Waals surface area contributed by atoms with Gasteiger partial charge in [0.15, 0.2) is 0 Å². The van der Waals surface area contributed by atoms with E-state index in [1.807, 2.05) is 11.4 Å². The van der Waals surface area contributed by atoms with E-state index in [1.54, 1.807) is 18.4 Å². The molecule has 2 aromatic heterocycles. The first kappa shape index (κ1) is 15.0. The summed E-state index contributed by atoms with van der Waals surface area (Å²) in [7, 11) is 1.80. The Bertz CT molecular complexity index is 576. The lowest BCUT2D eigenvalue weighted by molar-refractivity contribution is 0.132. The lowest BCUT2D eigenvalue weighted by atomic mass is 9.89. The van der Waals surface area contributed by atoms with Gasteiger partial charge in [-0.15, -0.1) is 11.3 Å². The van der Waals surface area contributed by atoms with Gasteiger partial charge in [-0.25, -0.2) is 4.98 Å². The molecule has 110 valence electrons. The first-order chi connectivity index (χ1) is 9.39. The smallest absolute Gasteiger partial charge is 0.225 e. The number of fused-ring (bicyclic) bond motifs is 1. The Balaban J connectivity index is 2.11. The van der Waals surface area contributed by atoms with Crippen molar-refractivity contribution in [1.82, 2.24) is 9.97 Å². The summed E-state index contributed by atoms with van der Waals surface area (Å²) in [5.41, 5.74) is 0.112. The minimum atomic E-state index is -0.392. The van der Waals surface area contributed by atoms with Crippen LogP contribution in [0, 0.1) is 5.41 Å². The molecular weight excluding hydrogens is 272 g/mol. The number of aliphatic hydroxyl groups excluding tert-OH is 1. The average Bonchev–Trinajstić information content (AvgIpc) is 2.81. The molecule has 2 aromatic rings. The summed E-state index contributed by atoms with van der Waals surface area (Å²) in [5.74, 6) is 1.36.